The first-order valence-electron chi connectivity index (χ1n) is 4.61. The SMILES string of the molecule is CC#CCCC(F)C1CCCN1. The summed E-state index contributed by atoms with van der Waals surface area (Å²) in [4.78, 5) is 0. The second-order valence-electron chi connectivity index (χ2n) is 3.18. The van der Waals surface area contributed by atoms with Crippen LogP contribution in [0.15, 0.2) is 0 Å². The van der Waals surface area contributed by atoms with Gasteiger partial charge in [0, 0.05) is 12.5 Å². The van der Waals surface area contributed by atoms with Gasteiger partial charge >= 0.3 is 0 Å². The van der Waals surface area contributed by atoms with Gasteiger partial charge in [-0.05, 0) is 32.7 Å². The Morgan fingerprint density at radius 2 is 2.50 bits per heavy atom. The number of halogens is 1. The molecule has 0 radical (unpaired) electrons. The third-order valence-corrected chi connectivity index (χ3v) is 2.26. The summed E-state index contributed by atoms with van der Waals surface area (Å²) in [5.41, 5.74) is 0. The fourth-order valence-corrected chi connectivity index (χ4v) is 1.56. The molecule has 0 spiro atoms. The van der Waals surface area contributed by atoms with E-state index in [1.807, 2.05) is 0 Å². The summed E-state index contributed by atoms with van der Waals surface area (Å²) in [5, 5.41) is 3.16. The van der Waals surface area contributed by atoms with Crippen molar-refractivity contribution in [3.05, 3.63) is 0 Å². The van der Waals surface area contributed by atoms with Crippen LogP contribution >= 0.6 is 0 Å². The normalized spacial score (nSPS) is 24.7. The molecule has 1 aliphatic heterocycles. The molecule has 0 aromatic heterocycles. The third kappa shape index (κ3) is 2.83. The van der Waals surface area contributed by atoms with Crippen LogP contribution in [-0.2, 0) is 0 Å². The molecule has 2 unspecified atom stereocenters. The number of nitrogens with one attached hydrogen (secondary N) is 1. The number of hydrogen-bond donors (Lipinski definition) is 1. The number of rotatable bonds is 3. The molecule has 1 aliphatic rings. The van der Waals surface area contributed by atoms with Gasteiger partial charge in [-0.15, -0.1) is 11.8 Å². The fraction of sp³-hybridized carbons (Fsp3) is 0.800. The molecule has 1 heterocycles. The molecule has 2 atom stereocenters. The lowest BCUT2D eigenvalue weighted by Gasteiger charge is -2.14. The van der Waals surface area contributed by atoms with Crippen molar-refractivity contribution in [3.8, 4) is 11.8 Å². The number of hydrogen-bond acceptors (Lipinski definition) is 1. The Labute approximate surface area is 73.7 Å². The van der Waals surface area contributed by atoms with Crippen LogP contribution in [0.3, 0.4) is 0 Å². The first-order chi connectivity index (χ1) is 5.84. The van der Waals surface area contributed by atoms with Crippen molar-refractivity contribution in [1.29, 1.82) is 0 Å². The molecule has 2 heteroatoms. The maximum atomic E-state index is 13.3. The van der Waals surface area contributed by atoms with Crippen molar-refractivity contribution in [3.63, 3.8) is 0 Å². The molecule has 0 bridgehead atoms. The summed E-state index contributed by atoms with van der Waals surface area (Å²) in [6.45, 7) is 2.77. The zero-order valence-corrected chi connectivity index (χ0v) is 7.57. The van der Waals surface area contributed by atoms with Crippen LogP contribution in [0, 0.1) is 11.8 Å². The predicted octanol–water partition coefficient (Wildman–Crippen LogP) is 1.88. The first kappa shape index (κ1) is 9.54. The van der Waals surface area contributed by atoms with Gasteiger partial charge < -0.3 is 5.32 Å². The Morgan fingerprint density at radius 3 is 3.08 bits per heavy atom. The maximum absolute atomic E-state index is 13.3. The van der Waals surface area contributed by atoms with E-state index >= 15 is 0 Å². The monoisotopic (exact) mass is 169 g/mol. The molecule has 12 heavy (non-hydrogen) atoms. The van der Waals surface area contributed by atoms with E-state index in [4.69, 9.17) is 0 Å². The average Bonchev–Trinajstić information content (AvgIpc) is 2.56. The Bertz CT molecular complexity index is 174. The van der Waals surface area contributed by atoms with Crippen molar-refractivity contribution >= 4 is 0 Å². The molecule has 1 fully saturated rings. The molecule has 0 aromatic rings. The van der Waals surface area contributed by atoms with Crippen molar-refractivity contribution in [2.24, 2.45) is 0 Å². The Hall–Kier alpha value is -0.550. The second kappa shape index (κ2) is 5.16. The Kier molecular flexibility index (Phi) is 4.10. The van der Waals surface area contributed by atoms with Gasteiger partial charge in [-0.25, -0.2) is 4.39 Å². The minimum atomic E-state index is -0.701. The smallest absolute Gasteiger partial charge is 0.116 e. The van der Waals surface area contributed by atoms with Crippen molar-refractivity contribution in [1.82, 2.24) is 5.32 Å². The van der Waals surface area contributed by atoms with E-state index in [-0.39, 0.29) is 6.04 Å². The van der Waals surface area contributed by atoms with Crippen molar-refractivity contribution in [2.45, 2.75) is 44.8 Å². The third-order valence-electron chi connectivity index (χ3n) is 2.26. The standard InChI is InChI=1S/C10H16FN/c1-2-3-4-6-9(11)10-7-5-8-12-10/h9-10,12H,4-8H2,1H3. The zero-order valence-electron chi connectivity index (χ0n) is 7.57. The molecule has 0 aromatic carbocycles. The molecule has 0 saturated carbocycles. The van der Waals surface area contributed by atoms with Crippen LogP contribution in [-0.4, -0.2) is 18.8 Å². The predicted molar refractivity (Wildman–Crippen MR) is 48.6 cm³/mol. The molecule has 1 nitrogen and oxygen atoms in total. The minimum Gasteiger partial charge on any atom is -0.311 e. The maximum Gasteiger partial charge on any atom is 0.116 e. The molecular weight excluding hydrogens is 153 g/mol. The van der Waals surface area contributed by atoms with E-state index in [1.165, 1.54) is 0 Å². The van der Waals surface area contributed by atoms with Gasteiger partial charge in [0.1, 0.15) is 6.17 Å². The molecule has 68 valence electrons. The summed E-state index contributed by atoms with van der Waals surface area (Å²) >= 11 is 0. The largest absolute Gasteiger partial charge is 0.311 e. The molecule has 1 N–H and O–H groups in total. The van der Waals surface area contributed by atoms with Gasteiger partial charge in [0.15, 0.2) is 0 Å². The summed E-state index contributed by atoms with van der Waals surface area (Å²) in [6, 6.07) is 0.101. The topological polar surface area (TPSA) is 12.0 Å². The van der Waals surface area contributed by atoms with Crippen LogP contribution in [0.1, 0.15) is 32.6 Å². The van der Waals surface area contributed by atoms with Gasteiger partial charge in [0.25, 0.3) is 0 Å². The summed E-state index contributed by atoms with van der Waals surface area (Å²) < 4.78 is 13.3. The van der Waals surface area contributed by atoms with Crippen LogP contribution in [0.4, 0.5) is 4.39 Å². The van der Waals surface area contributed by atoms with Gasteiger partial charge in [-0.2, -0.15) is 0 Å². The Morgan fingerprint density at radius 1 is 1.67 bits per heavy atom. The van der Waals surface area contributed by atoms with Gasteiger partial charge in [0.05, 0.1) is 0 Å². The van der Waals surface area contributed by atoms with Gasteiger partial charge in [-0.3, -0.25) is 0 Å². The molecule has 1 saturated heterocycles. The van der Waals surface area contributed by atoms with E-state index < -0.39 is 6.17 Å². The minimum absolute atomic E-state index is 0.101. The van der Waals surface area contributed by atoms with E-state index in [9.17, 15) is 4.39 Å². The first-order valence-corrected chi connectivity index (χ1v) is 4.61. The average molecular weight is 169 g/mol. The van der Waals surface area contributed by atoms with Gasteiger partial charge in [0.2, 0.25) is 0 Å². The lowest BCUT2D eigenvalue weighted by molar-refractivity contribution is 0.252. The lowest BCUT2D eigenvalue weighted by atomic mass is 10.1. The van der Waals surface area contributed by atoms with Crippen molar-refractivity contribution < 1.29 is 4.39 Å². The van der Waals surface area contributed by atoms with Crippen molar-refractivity contribution in [2.75, 3.05) is 6.54 Å². The fourth-order valence-electron chi connectivity index (χ4n) is 1.56. The quantitative estimate of drug-likeness (QED) is 0.636. The van der Waals surface area contributed by atoms with E-state index in [0.29, 0.717) is 12.8 Å². The summed E-state index contributed by atoms with van der Waals surface area (Å²) in [5.74, 6) is 5.66. The summed E-state index contributed by atoms with van der Waals surface area (Å²) in [7, 11) is 0. The number of alkyl halides is 1. The summed E-state index contributed by atoms with van der Waals surface area (Å²) in [6.07, 6.45) is 2.67. The van der Waals surface area contributed by atoms with E-state index in [0.717, 1.165) is 19.4 Å². The van der Waals surface area contributed by atoms with Crippen LogP contribution < -0.4 is 5.32 Å². The zero-order chi connectivity index (χ0) is 8.81. The van der Waals surface area contributed by atoms with E-state index in [2.05, 4.69) is 17.2 Å². The molecule has 0 aliphatic carbocycles. The van der Waals surface area contributed by atoms with Crippen LogP contribution in [0.5, 0.6) is 0 Å². The van der Waals surface area contributed by atoms with Crippen LogP contribution in [0.25, 0.3) is 0 Å². The Balaban J connectivity index is 2.16. The van der Waals surface area contributed by atoms with Crippen LogP contribution in [0.2, 0.25) is 0 Å². The molecular formula is C10H16FN. The highest BCUT2D eigenvalue weighted by molar-refractivity contribution is 4.96. The molecule has 0 amide bonds. The highest BCUT2D eigenvalue weighted by Crippen LogP contribution is 2.15. The highest BCUT2D eigenvalue weighted by atomic mass is 19.1. The highest BCUT2D eigenvalue weighted by Gasteiger charge is 2.23. The second-order valence-corrected chi connectivity index (χ2v) is 3.18. The van der Waals surface area contributed by atoms with E-state index in [1.54, 1.807) is 6.92 Å². The van der Waals surface area contributed by atoms with Gasteiger partial charge in [-0.1, -0.05) is 0 Å². The molecule has 1 rings (SSSR count). The lowest BCUT2D eigenvalue weighted by Crippen LogP contribution is -2.31.